The Morgan fingerprint density at radius 1 is 1.00 bits per heavy atom. The molecule has 4 aliphatic heterocycles. The van der Waals surface area contributed by atoms with E-state index in [-0.39, 0.29) is 53.2 Å². The van der Waals surface area contributed by atoms with E-state index in [1.807, 2.05) is 30.3 Å². The Morgan fingerprint density at radius 2 is 1.79 bits per heavy atom. The molecule has 14 heteroatoms. The molecule has 1 aromatic heterocycles. The summed E-state index contributed by atoms with van der Waals surface area (Å²) < 4.78 is 29.1. The molecule has 5 amide bonds. The summed E-state index contributed by atoms with van der Waals surface area (Å²) in [5.74, 6) is -5.46. The van der Waals surface area contributed by atoms with Crippen LogP contribution < -0.4 is 20.5 Å². The number of nitrogens with one attached hydrogen (secondary N) is 3. The number of H-pyrrole nitrogens is 1. The van der Waals surface area contributed by atoms with Crippen LogP contribution in [-0.4, -0.2) is 83.3 Å². The Morgan fingerprint density at radius 3 is 2.58 bits per heavy atom. The third-order valence-electron chi connectivity index (χ3n) is 13.7. The number of rotatable bonds is 5. The molecule has 12 nitrogen and oxygen atoms in total. The molecule has 10 rings (SSSR count). The van der Waals surface area contributed by atoms with E-state index in [1.54, 1.807) is 31.0 Å². The van der Waals surface area contributed by atoms with Crippen LogP contribution in [0.3, 0.4) is 0 Å². The molecule has 7 aliphatic rings. The second kappa shape index (κ2) is 10.7. The number of anilines is 2. The highest BCUT2D eigenvalue weighted by Crippen LogP contribution is 2.73. The first-order valence-corrected chi connectivity index (χ1v) is 18.5. The fraction of sp³-hybridized carbons (Fsp3) is 0.487. The minimum absolute atomic E-state index is 0.0219. The molecule has 274 valence electrons. The van der Waals surface area contributed by atoms with Crippen LogP contribution in [0.5, 0.6) is 0 Å². The van der Waals surface area contributed by atoms with Gasteiger partial charge in [-0.2, -0.15) is 5.10 Å². The van der Waals surface area contributed by atoms with E-state index in [4.69, 9.17) is 0 Å². The van der Waals surface area contributed by atoms with Crippen LogP contribution in [0.25, 0.3) is 10.9 Å². The van der Waals surface area contributed by atoms with E-state index < -0.39 is 46.9 Å². The minimum atomic E-state index is -2.62. The number of alkyl halides is 2. The summed E-state index contributed by atoms with van der Waals surface area (Å²) in [6.07, 6.45) is 3.40. The molecule has 1 spiro atoms. The van der Waals surface area contributed by atoms with Gasteiger partial charge in [0.15, 0.2) is 0 Å². The van der Waals surface area contributed by atoms with E-state index in [2.05, 4.69) is 25.7 Å². The van der Waals surface area contributed by atoms with Gasteiger partial charge in [0.05, 0.1) is 28.6 Å². The van der Waals surface area contributed by atoms with Gasteiger partial charge in [0.25, 0.3) is 17.7 Å². The maximum absolute atomic E-state index is 14.5. The van der Waals surface area contributed by atoms with Gasteiger partial charge in [0, 0.05) is 72.0 Å². The maximum atomic E-state index is 14.5. The molecule has 2 unspecified atom stereocenters. The highest BCUT2D eigenvalue weighted by atomic mass is 19.3. The number of amides is 5. The van der Waals surface area contributed by atoms with E-state index in [1.165, 1.54) is 0 Å². The Kier molecular flexibility index (Phi) is 6.58. The molecule has 2 saturated heterocycles. The molecule has 53 heavy (non-hydrogen) atoms. The van der Waals surface area contributed by atoms with Gasteiger partial charge in [-0.3, -0.25) is 34.2 Å². The van der Waals surface area contributed by atoms with Gasteiger partial charge in [0.2, 0.25) is 17.7 Å². The number of halogens is 2. The first-order chi connectivity index (χ1) is 25.3. The van der Waals surface area contributed by atoms with Crippen molar-refractivity contribution in [3.05, 3.63) is 59.3 Å². The van der Waals surface area contributed by atoms with Gasteiger partial charge in [-0.05, 0) is 80.3 Å². The number of carbonyl (C=O) groups is 5. The summed E-state index contributed by atoms with van der Waals surface area (Å²) in [5.41, 5.74) is 6.74. The third kappa shape index (κ3) is 4.56. The van der Waals surface area contributed by atoms with Gasteiger partial charge in [-0.25, -0.2) is 8.78 Å². The van der Waals surface area contributed by atoms with E-state index in [0.29, 0.717) is 12.8 Å². The number of aromatic nitrogens is 1. The van der Waals surface area contributed by atoms with Gasteiger partial charge in [0.1, 0.15) is 6.04 Å². The molecule has 5 atom stereocenters. The third-order valence-corrected chi connectivity index (χ3v) is 13.7. The zero-order valence-electron chi connectivity index (χ0n) is 29.4. The Balaban J connectivity index is 0.784. The number of nitrogens with zero attached hydrogens (tertiary/aromatic N) is 4. The monoisotopic (exact) mass is 723 g/mol. The van der Waals surface area contributed by atoms with Crippen molar-refractivity contribution in [2.24, 2.45) is 33.7 Å². The second-order valence-electron chi connectivity index (χ2n) is 16.7. The van der Waals surface area contributed by atoms with Crippen LogP contribution in [0.2, 0.25) is 0 Å². The van der Waals surface area contributed by atoms with Crippen LogP contribution in [0, 0.1) is 28.6 Å². The Labute approximate surface area is 303 Å². The van der Waals surface area contributed by atoms with Gasteiger partial charge >= 0.3 is 0 Å². The number of carbonyl (C=O) groups excluding carboxylic acids is 5. The predicted molar refractivity (Wildman–Crippen MR) is 190 cm³/mol. The summed E-state index contributed by atoms with van der Waals surface area (Å²) in [6, 6.07) is 12.0. The Bertz CT molecular complexity index is 2230. The lowest BCUT2D eigenvalue weighted by atomic mass is 9.61. The molecule has 3 N–H and O–H groups in total. The Hall–Kier alpha value is -5.14. The van der Waals surface area contributed by atoms with E-state index in [9.17, 15) is 32.8 Å². The molecular formula is C39H39F2N7O5. The number of piperidine rings is 1. The molecule has 5 fully saturated rings. The first kappa shape index (κ1) is 32.5. The van der Waals surface area contributed by atoms with Crippen molar-refractivity contribution in [3.8, 4) is 0 Å². The average molecular weight is 724 g/mol. The summed E-state index contributed by atoms with van der Waals surface area (Å²) in [7, 11) is 1.80. The largest absolute Gasteiger partial charge is 0.371 e. The molecule has 3 aliphatic carbocycles. The predicted octanol–water partition coefficient (Wildman–Crippen LogP) is 4.20. The van der Waals surface area contributed by atoms with E-state index >= 15 is 0 Å². The SMILES string of the molecule is CN(c1ccc2cc(C3=NNC4C[C@]5(C)[C@H](CC34)C5(F)F)[nH]c2c1)C(=O)[C@H]1C[C@]2(CCN(c3ccc4c(c3)C(=O)N([C@H]3CCC(=O)NC3=O)C4=O)C2)C1. The van der Waals surface area contributed by atoms with Crippen molar-refractivity contribution < 1.29 is 32.8 Å². The normalized spacial score (nSPS) is 31.8. The minimum Gasteiger partial charge on any atom is -0.371 e. The lowest BCUT2D eigenvalue weighted by Crippen LogP contribution is -2.54. The molecule has 0 radical (unpaired) electrons. The van der Waals surface area contributed by atoms with Gasteiger partial charge in [-0.15, -0.1) is 0 Å². The quantitative estimate of drug-likeness (QED) is 0.335. The van der Waals surface area contributed by atoms with Crippen molar-refractivity contribution in [2.45, 2.75) is 69.9 Å². The van der Waals surface area contributed by atoms with Crippen molar-refractivity contribution in [1.29, 1.82) is 0 Å². The van der Waals surface area contributed by atoms with Crippen molar-refractivity contribution >= 4 is 57.5 Å². The number of imide groups is 2. The number of hydrogen-bond acceptors (Lipinski definition) is 8. The zero-order valence-corrected chi connectivity index (χ0v) is 29.4. The average Bonchev–Trinajstić information content (AvgIpc) is 3.77. The van der Waals surface area contributed by atoms with Crippen LogP contribution >= 0.6 is 0 Å². The van der Waals surface area contributed by atoms with Gasteiger partial charge < -0.3 is 20.2 Å². The first-order valence-electron chi connectivity index (χ1n) is 18.5. The highest BCUT2D eigenvalue weighted by Gasteiger charge is 2.80. The number of hydrogen-bond donors (Lipinski definition) is 3. The van der Waals surface area contributed by atoms with Crippen molar-refractivity contribution in [1.82, 2.24) is 20.6 Å². The molecular weight excluding hydrogens is 684 g/mol. The van der Waals surface area contributed by atoms with E-state index in [0.717, 1.165) is 70.9 Å². The molecule has 3 saturated carbocycles. The summed E-state index contributed by atoms with van der Waals surface area (Å²) in [4.78, 5) is 72.6. The molecule has 2 aromatic carbocycles. The molecule has 0 bridgehead atoms. The number of hydrazone groups is 1. The molecule has 5 heterocycles. The summed E-state index contributed by atoms with van der Waals surface area (Å²) in [5, 5.41) is 7.77. The fourth-order valence-corrected chi connectivity index (χ4v) is 10.5. The van der Waals surface area contributed by atoms with Crippen molar-refractivity contribution in [3.63, 3.8) is 0 Å². The smallest absolute Gasteiger partial charge is 0.262 e. The lowest BCUT2D eigenvalue weighted by molar-refractivity contribution is -0.136. The van der Waals surface area contributed by atoms with Crippen LogP contribution in [0.15, 0.2) is 47.6 Å². The summed E-state index contributed by atoms with van der Waals surface area (Å²) in [6.45, 7) is 3.17. The zero-order chi connectivity index (χ0) is 36.8. The van der Waals surface area contributed by atoms with Gasteiger partial charge in [-0.1, -0.05) is 13.0 Å². The number of aromatic amines is 1. The second-order valence-corrected chi connectivity index (χ2v) is 16.7. The standard InChI is InChI=1S/C39H39F2N7O5/c1-37-17-28-25(14-30(37)39(37,40)41)32(45-44-28)27-11-19-3-4-21(13-26(19)42-27)46(2)34(51)20-15-38(16-20)9-10-47(18-38)22-5-6-23-24(12-22)36(53)48(35(23)52)29-7-8-31(49)43-33(29)50/h3-6,11-13,20,25,28-30,42,44H,7-10,14-18H2,1-2H3,(H,43,49,50)/t20-,25?,28?,29-,30-,37+,38+/m0/s1. The molecule has 3 aromatic rings. The van der Waals surface area contributed by atoms with Crippen LogP contribution in [0.1, 0.15) is 78.3 Å². The number of benzene rings is 2. The van der Waals surface area contributed by atoms with Crippen molar-refractivity contribution in [2.75, 3.05) is 29.9 Å². The highest BCUT2D eigenvalue weighted by molar-refractivity contribution is 6.23. The lowest BCUT2D eigenvalue weighted by Gasteiger charge is -2.45. The topological polar surface area (TPSA) is 147 Å². The summed E-state index contributed by atoms with van der Waals surface area (Å²) >= 11 is 0. The van der Waals surface area contributed by atoms with Crippen LogP contribution in [0.4, 0.5) is 20.2 Å². The fourth-order valence-electron chi connectivity index (χ4n) is 10.5. The van der Waals surface area contributed by atoms with Crippen LogP contribution in [-0.2, 0) is 14.4 Å². The maximum Gasteiger partial charge on any atom is 0.262 e. The number of fused-ring (bicyclic) bond motifs is 4.